The molecule has 0 bridgehead atoms. The second kappa shape index (κ2) is 3.45. The van der Waals surface area contributed by atoms with Crippen molar-refractivity contribution in [1.82, 2.24) is 9.97 Å². The molecule has 4 heteroatoms. The van der Waals surface area contributed by atoms with E-state index >= 15 is 0 Å². The second-order valence-corrected chi connectivity index (χ2v) is 2.73. The summed E-state index contributed by atoms with van der Waals surface area (Å²) < 4.78 is 0. The highest BCUT2D eigenvalue weighted by molar-refractivity contribution is 5.77. The average molecular weight is 176 g/mol. The maximum atomic E-state index is 10.2. The van der Waals surface area contributed by atoms with Gasteiger partial charge in [-0.1, -0.05) is 12.1 Å². The van der Waals surface area contributed by atoms with Gasteiger partial charge in [-0.05, 0) is 12.1 Å². The van der Waals surface area contributed by atoms with Crippen LogP contribution < -0.4 is 5.32 Å². The molecule has 0 unspecified atom stereocenters. The van der Waals surface area contributed by atoms with Crippen molar-refractivity contribution in [3.05, 3.63) is 24.3 Å². The fourth-order valence-electron chi connectivity index (χ4n) is 1.21. The predicted octanol–water partition coefficient (Wildman–Crippen LogP) is 1.41. The molecule has 0 fully saturated rings. The molecule has 0 spiro atoms. The fraction of sp³-hybridized carbons (Fsp3) is 0.222. The quantitative estimate of drug-likeness (QED) is 0.742. The van der Waals surface area contributed by atoms with Gasteiger partial charge in [0.15, 0.2) is 0 Å². The predicted molar refractivity (Wildman–Crippen MR) is 50.1 cm³/mol. The lowest BCUT2D eigenvalue weighted by Gasteiger charge is -1.95. The number of fused-ring (bicyclic) bond motifs is 1. The van der Waals surface area contributed by atoms with Crippen LogP contribution in [0.3, 0.4) is 0 Å². The van der Waals surface area contributed by atoms with E-state index in [0.717, 1.165) is 11.0 Å². The number of nitrogens with zero attached hydrogens (tertiary/aromatic N) is 1. The van der Waals surface area contributed by atoms with Crippen molar-refractivity contribution in [2.24, 2.45) is 0 Å². The minimum Gasteiger partial charge on any atom is -0.353 e. The first kappa shape index (κ1) is 8.07. The lowest BCUT2D eigenvalue weighted by Crippen LogP contribution is -2.05. The zero-order valence-electron chi connectivity index (χ0n) is 7.08. The number of benzene rings is 1. The topological polar surface area (TPSA) is 60.6 Å². The molecule has 4 nitrogen and oxygen atoms in total. The zero-order valence-corrected chi connectivity index (χ0v) is 7.08. The number of nitrogens with one attached hydrogen (secondary N) is 2. The van der Waals surface area contributed by atoms with Crippen LogP contribution in [-0.2, 0) is 5.11 Å². The van der Waals surface area contributed by atoms with E-state index in [1.165, 1.54) is 0 Å². The fourth-order valence-corrected chi connectivity index (χ4v) is 1.21. The van der Waals surface area contributed by atoms with Crippen LogP contribution >= 0.6 is 0 Å². The van der Waals surface area contributed by atoms with Crippen molar-refractivity contribution in [2.75, 3.05) is 18.5 Å². The third kappa shape index (κ3) is 1.62. The molecule has 2 aromatic rings. The second-order valence-electron chi connectivity index (χ2n) is 2.73. The first-order valence-corrected chi connectivity index (χ1v) is 4.17. The summed E-state index contributed by atoms with van der Waals surface area (Å²) in [5.74, 6) is 0.664. The minimum atomic E-state index is -0.142. The third-order valence-electron chi connectivity index (χ3n) is 1.78. The summed E-state index contributed by atoms with van der Waals surface area (Å²) in [5, 5.41) is 13.1. The summed E-state index contributed by atoms with van der Waals surface area (Å²) in [6.07, 6.45) is 0. The Morgan fingerprint density at radius 2 is 2.23 bits per heavy atom. The number of hydrogen-bond acceptors (Lipinski definition) is 2. The number of rotatable bonds is 3. The Hall–Kier alpha value is -1.55. The standard InChI is InChI=1S/C9H10N3O/c13-6-5-10-9-11-7-3-1-2-4-8(7)12-9/h1-4H,5-6H2,(H2,10,11,12). The highest BCUT2D eigenvalue weighted by Gasteiger charge is 1.99. The molecule has 2 N–H and O–H groups in total. The number of aromatic nitrogens is 2. The van der Waals surface area contributed by atoms with Crippen molar-refractivity contribution in [1.29, 1.82) is 0 Å². The van der Waals surface area contributed by atoms with Crippen LogP contribution in [0, 0.1) is 0 Å². The Labute approximate surface area is 75.6 Å². The van der Waals surface area contributed by atoms with E-state index in [2.05, 4.69) is 15.3 Å². The first-order chi connectivity index (χ1) is 6.40. The van der Waals surface area contributed by atoms with E-state index in [-0.39, 0.29) is 6.61 Å². The molecule has 2 rings (SSSR count). The summed E-state index contributed by atoms with van der Waals surface area (Å²) in [4.78, 5) is 7.31. The average Bonchev–Trinajstić information content (AvgIpc) is 2.57. The Morgan fingerprint density at radius 1 is 1.38 bits per heavy atom. The molecule has 0 aliphatic carbocycles. The third-order valence-corrected chi connectivity index (χ3v) is 1.78. The molecule has 1 aromatic heterocycles. The van der Waals surface area contributed by atoms with E-state index in [0.29, 0.717) is 12.5 Å². The number of hydrogen-bond donors (Lipinski definition) is 2. The van der Waals surface area contributed by atoms with Gasteiger partial charge >= 0.3 is 0 Å². The monoisotopic (exact) mass is 176 g/mol. The molecule has 13 heavy (non-hydrogen) atoms. The molecule has 1 radical (unpaired) electrons. The van der Waals surface area contributed by atoms with Gasteiger partial charge in [-0.15, -0.1) is 0 Å². The number of para-hydroxylation sites is 2. The van der Waals surface area contributed by atoms with E-state index in [1.54, 1.807) is 0 Å². The van der Waals surface area contributed by atoms with Crippen molar-refractivity contribution in [2.45, 2.75) is 0 Å². The first-order valence-electron chi connectivity index (χ1n) is 4.17. The molecule has 1 heterocycles. The Morgan fingerprint density at radius 3 is 3.00 bits per heavy atom. The van der Waals surface area contributed by atoms with Gasteiger partial charge in [-0.2, -0.15) is 0 Å². The molecule has 0 saturated heterocycles. The highest BCUT2D eigenvalue weighted by Crippen LogP contribution is 2.12. The largest absolute Gasteiger partial charge is 0.353 e. The molecule has 0 atom stereocenters. The summed E-state index contributed by atoms with van der Waals surface area (Å²) in [5.41, 5.74) is 1.90. The number of aromatic amines is 1. The van der Waals surface area contributed by atoms with E-state index < -0.39 is 0 Å². The lowest BCUT2D eigenvalue weighted by atomic mass is 10.3. The van der Waals surface area contributed by atoms with E-state index in [1.807, 2.05) is 24.3 Å². The Balaban J connectivity index is 2.28. The van der Waals surface area contributed by atoms with Gasteiger partial charge in [-0.25, -0.2) is 10.1 Å². The van der Waals surface area contributed by atoms with Crippen LogP contribution in [0.1, 0.15) is 0 Å². The lowest BCUT2D eigenvalue weighted by molar-refractivity contribution is 0.206. The molecule has 1 aromatic carbocycles. The smallest absolute Gasteiger partial charge is 0.201 e. The van der Waals surface area contributed by atoms with Crippen molar-refractivity contribution in [3.8, 4) is 0 Å². The highest BCUT2D eigenvalue weighted by atomic mass is 16.3. The summed E-state index contributed by atoms with van der Waals surface area (Å²) in [7, 11) is 0. The van der Waals surface area contributed by atoms with Crippen molar-refractivity contribution < 1.29 is 5.11 Å². The molecule has 0 aliphatic rings. The molecule has 0 aliphatic heterocycles. The zero-order chi connectivity index (χ0) is 9.10. The minimum absolute atomic E-state index is 0.142. The number of anilines is 1. The van der Waals surface area contributed by atoms with Gasteiger partial charge in [0.1, 0.15) is 0 Å². The van der Waals surface area contributed by atoms with Gasteiger partial charge in [0.05, 0.1) is 17.6 Å². The maximum absolute atomic E-state index is 10.2. The van der Waals surface area contributed by atoms with Gasteiger partial charge in [0.25, 0.3) is 0 Å². The van der Waals surface area contributed by atoms with Crippen LogP contribution in [-0.4, -0.2) is 23.1 Å². The summed E-state index contributed by atoms with van der Waals surface area (Å²) in [6, 6.07) is 7.75. The SMILES string of the molecule is [O]CCNc1nc2ccccc2[nH]1. The van der Waals surface area contributed by atoms with Crippen LogP contribution in [0.15, 0.2) is 24.3 Å². The van der Waals surface area contributed by atoms with Crippen LogP contribution in [0.25, 0.3) is 11.0 Å². The molecule has 0 amide bonds. The van der Waals surface area contributed by atoms with Crippen LogP contribution in [0.2, 0.25) is 0 Å². The van der Waals surface area contributed by atoms with Crippen molar-refractivity contribution in [3.63, 3.8) is 0 Å². The van der Waals surface area contributed by atoms with E-state index in [9.17, 15) is 5.11 Å². The number of imidazole rings is 1. The normalized spacial score (nSPS) is 10.5. The Bertz CT molecular complexity index is 363. The molecular weight excluding hydrogens is 166 g/mol. The Kier molecular flexibility index (Phi) is 2.14. The van der Waals surface area contributed by atoms with Gasteiger partial charge < -0.3 is 10.3 Å². The van der Waals surface area contributed by atoms with Gasteiger partial charge in [0.2, 0.25) is 5.95 Å². The molecular formula is C9H10N3O. The molecule has 67 valence electrons. The van der Waals surface area contributed by atoms with Gasteiger partial charge in [-0.3, -0.25) is 0 Å². The number of H-pyrrole nitrogens is 1. The van der Waals surface area contributed by atoms with Crippen LogP contribution in [0.4, 0.5) is 5.95 Å². The van der Waals surface area contributed by atoms with Gasteiger partial charge in [0, 0.05) is 6.54 Å². The summed E-state index contributed by atoms with van der Waals surface area (Å²) >= 11 is 0. The van der Waals surface area contributed by atoms with E-state index in [4.69, 9.17) is 0 Å². The summed E-state index contributed by atoms with van der Waals surface area (Å²) in [6.45, 7) is 0.261. The molecule has 0 saturated carbocycles. The van der Waals surface area contributed by atoms with Crippen LogP contribution in [0.5, 0.6) is 0 Å². The van der Waals surface area contributed by atoms with Crippen molar-refractivity contribution >= 4 is 17.0 Å². The maximum Gasteiger partial charge on any atom is 0.201 e.